The fourth-order valence-electron chi connectivity index (χ4n) is 4.47. The molecule has 0 fully saturated rings. The van der Waals surface area contributed by atoms with Gasteiger partial charge in [0.05, 0.1) is 24.3 Å². The van der Waals surface area contributed by atoms with Gasteiger partial charge in [-0.05, 0) is 59.9 Å². The number of rotatable bonds is 9. The molecule has 184 valence electrons. The Kier molecular flexibility index (Phi) is 7.34. The van der Waals surface area contributed by atoms with Gasteiger partial charge in [-0.25, -0.2) is 14.4 Å². The fraction of sp³-hybridized carbons (Fsp3) is 0.233. The van der Waals surface area contributed by atoms with E-state index in [1.54, 1.807) is 24.3 Å². The molecule has 3 aromatic carbocycles. The van der Waals surface area contributed by atoms with E-state index in [1.807, 2.05) is 24.3 Å². The first-order chi connectivity index (χ1) is 17.3. The van der Waals surface area contributed by atoms with Crippen molar-refractivity contribution in [3.05, 3.63) is 102 Å². The lowest BCUT2D eigenvalue weighted by Crippen LogP contribution is -2.18. The molecule has 1 aliphatic carbocycles. The van der Waals surface area contributed by atoms with Crippen molar-refractivity contribution in [2.24, 2.45) is 0 Å². The molecule has 0 unspecified atom stereocenters. The van der Waals surface area contributed by atoms with E-state index in [9.17, 15) is 14.4 Å². The second kappa shape index (κ2) is 10.6. The summed E-state index contributed by atoms with van der Waals surface area (Å²) in [5, 5.41) is 0. The summed E-state index contributed by atoms with van der Waals surface area (Å²) in [4.78, 5) is 36.2. The lowest BCUT2D eigenvalue weighted by molar-refractivity contribution is -0.137. The van der Waals surface area contributed by atoms with Crippen molar-refractivity contribution in [1.29, 1.82) is 0 Å². The van der Waals surface area contributed by atoms with Crippen molar-refractivity contribution in [2.45, 2.75) is 32.1 Å². The first-order valence-corrected chi connectivity index (χ1v) is 11.8. The number of benzene rings is 3. The average Bonchev–Trinajstić information content (AvgIpc) is 3.13. The van der Waals surface area contributed by atoms with E-state index >= 15 is 0 Å². The van der Waals surface area contributed by atoms with E-state index in [0.717, 1.165) is 22.8 Å². The lowest BCUT2D eigenvalue weighted by Gasteiger charge is -2.23. The van der Waals surface area contributed by atoms with Gasteiger partial charge in [-0.1, -0.05) is 56.8 Å². The third-order valence-corrected chi connectivity index (χ3v) is 6.28. The molecule has 0 bridgehead atoms. The zero-order valence-corrected chi connectivity index (χ0v) is 20.4. The van der Waals surface area contributed by atoms with E-state index in [-0.39, 0.29) is 18.6 Å². The van der Waals surface area contributed by atoms with Gasteiger partial charge >= 0.3 is 17.9 Å². The highest BCUT2D eigenvalue weighted by molar-refractivity contribution is 5.95. The van der Waals surface area contributed by atoms with Crippen LogP contribution in [0.15, 0.2) is 79.4 Å². The van der Waals surface area contributed by atoms with E-state index in [0.29, 0.717) is 29.7 Å². The molecule has 4 rings (SSSR count). The Morgan fingerprint density at radius 2 is 1.39 bits per heavy atom. The number of carbonyl (C=O) groups is 3. The Hall–Kier alpha value is -4.19. The number of fused-ring (bicyclic) bond motifs is 3. The van der Waals surface area contributed by atoms with Gasteiger partial charge in [0.1, 0.15) is 5.75 Å². The Balaban J connectivity index is 1.37. The third kappa shape index (κ3) is 5.08. The van der Waals surface area contributed by atoms with Gasteiger partial charge in [-0.15, -0.1) is 0 Å². The summed E-state index contributed by atoms with van der Waals surface area (Å²) < 4.78 is 16.0. The van der Waals surface area contributed by atoms with Gasteiger partial charge in [0.25, 0.3) is 0 Å². The molecular formula is C30H28O6. The second-order valence-corrected chi connectivity index (χ2v) is 9.03. The Morgan fingerprint density at radius 1 is 0.778 bits per heavy atom. The molecule has 0 saturated heterocycles. The number of hydrogen-bond acceptors (Lipinski definition) is 6. The van der Waals surface area contributed by atoms with Gasteiger partial charge in [0, 0.05) is 17.1 Å². The van der Waals surface area contributed by atoms with Crippen LogP contribution in [0.5, 0.6) is 5.75 Å². The van der Waals surface area contributed by atoms with Gasteiger partial charge in [-0.3, -0.25) is 0 Å². The van der Waals surface area contributed by atoms with E-state index in [4.69, 9.17) is 14.2 Å². The van der Waals surface area contributed by atoms with E-state index < -0.39 is 17.9 Å². The largest absolute Gasteiger partial charge is 0.463 e. The minimum absolute atomic E-state index is 0.200. The molecule has 0 N–H and O–H groups in total. The number of esters is 3. The Morgan fingerprint density at radius 3 is 2.08 bits per heavy atom. The maximum absolute atomic E-state index is 12.9. The summed E-state index contributed by atoms with van der Waals surface area (Å²) in [5.41, 5.74) is 4.77. The van der Waals surface area contributed by atoms with Gasteiger partial charge in [0.15, 0.2) is 0 Å². The first kappa shape index (κ1) is 24.9. The van der Waals surface area contributed by atoms with Crippen molar-refractivity contribution >= 4 is 17.9 Å². The molecule has 0 spiro atoms. The molecule has 1 aliphatic rings. The van der Waals surface area contributed by atoms with Crippen molar-refractivity contribution < 1.29 is 28.6 Å². The highest BCUT2D eigenvalue weighted by atomic mass is 16.5. The predicted molar refractivity (Wildman–Crippen MR) is 136 cm³/mol. The number of carbonyl (C=O) groups excluding carboxylic acids is 3. The van der Waals surface area contributed by atoms with Crippen molar-refractivity contribution in [2.75, 3.05) is 13.2 Å². The summed E-state index contributed by atoms with van der Waals surface area (Å²) in [7, 11) is 0. The zero-order valence-electron chi connectivity index (χ0n) is 20.4. The van der Waals surface area contributed by atoms with Crippen molar-refractivity contribution in [3.8, 4) is 16.9 Å². The normalized spacial score (nSPS) is 12.7. The molecule has 6 nitrogen and oxygen atoms in total. The quantitative estimate of drug-likeness (QED) is 0.163. The van der Waals surface area contributed by atoms with Gasteiger partial charge in [-0.2, -0.15) is 0 Å². The number of unbranched alkanes of at least 4 members (excludes halogenated alkanes) is 1. The fourth-order valence-corrected chi connectivity index (χ4v) is 4.47. The van der Waals surface area contributed by atoms with Crippen LogP contribution in [0.1, 0.15) is 58.5 Å². The molecule has 3 aromatic rings. The maximum atomic E-state index is 12.9. The van der Waals surface area contributed by atoms with Crippen LogP contribution >= 0.6 is 0 Å². The predicted octanol–water partition coefficient (Wildman–Crippen LogP) is 5.88. The SMILES string of the molecule is C=CC(=O)OCCCCOC(=O)c1ccc(C(=O)Oc2cccc3c2C(C)(C)c2ccccc2-3)cc1. The van der Waals surface area contributed by atoms with Crippen LogP contribution in [0, 0.1) is 0 Å². The molecule has 0 amide bonds. The summed E-state index contributed by atoms with van der Waals surface area (Å²) in [6.07, 6.45) is 2.23. The molecule has 6 heteroatoms. The molecule has 0 aromatic heterocycles. The average molecular weight is 485 g/mol. The highest BCUT2D eigenvalue weighted by Crippen LogP contribution is 2.52. The van der Waals surface area contributed by atoms with Crippen molar-refractivity contribution in [3.63, 3.8) is 0 Å². The summed E-state index contributed by atoms with van der Waals surface area (Å²) in [5.74, 6) is -0.931. The number of hydrogen-bond donors (Lipinski definition) is 0. The maximum Gasteiger partial charge on any atom is 0.343 e. The molecule has 0 saturated carbocycles. The molecule has 36 heavy (non-hydrogen) atoms. The highest BCUT2D eigenvalue weighted by Gasteiger charge is 2.38. The first-order valence-electron chi connectivity index (χ1n) is 11.8. The molecule has 0 atom stereocenters. The molecular weight excluding hydrogens is 456 g/mol. The van der Waals surface area contributed by atoms with Gasteiger partial charge < -0.3 is 14.2 Å². The van der Waals surface area contributed by atoms with Crippen LogP contribution in [0.3, 0.4) is 0 Å². The van der Waals surface area contributed by atoms with Crippen LogP contribution in [0.2, 0.25) is 0 Å². The van der Waals surface area contributed by atoms with E-state index in [2.05, 4.69) is 38.6 Å². The second-order valence-electron chi connectivity index (χ2n) is 9.03. The third-order valence-electron chi connectivity index (χ3n) is 6.28. The summed E-state index contributed by atoms with van der Waals surface area (Å²) >= 11 is 0. The Labute approximate surface area is 210 Å². The van der Waals surface area contributed by atoms with Crippen LogP contribution < -0.4 is 4.74 Å². The smallest absolute Gasteiger partial charge is 0.343 e. The summed E-state index contributed by atoms with van der Waals surface area (Å²) in [6, 6.07) is 20.2. The summed E-state index contributed by atoms with van der Waals surface area (Å²) in [6.45, 7) is 8.02. The monoisotopic (exact) mass is 484 g/mol. The van der Waals surface area contributed by atoms with E-state index in [1.165, 1.54) is 5.56 Å². The van der Waals surface area contributed by atoms with Crippen LogP contribution in [0.25, 0.3) is 11.1 Å². The molecule has 0 aliphatic heterocycles. The minimum atomic E-state index is -0.496. The molecule has 0 radical (unpaired) electrons. The Bertz CT molecular complexity index is 1300. The zero-order chi connectivity index (χ0) is 25.7. The molecule has 0 heterocycles. The minimum Gasteiger partial charge on any atom is -0.463 e. The van der Waals surface area contributed by atoms with Crippen molar-refractivity contribution in [1.82, 2.24) is 0 Å². The van der Waals surface area contributed by atoms with Crippen LogP contribution in [-0.4, -0.2) is 31.1 Å². The van der Waals surface area contributed by atoms with Crippen LogP contribution in [-0.2, 0) is 19.7 Å². The topological polar surface area (TPSA) is 78.9 Å². The van der Waals surface area contributed by atoms with Gasteiger partial charge in [0.2, 0.25) is 0 Å². The number of ether oxygens (including phenoxy) is 3. The lowest BCUT2D eigenvalue weighted by atomic mass is 9.82. The van der Waals surface area contributed by atoms with Crippen LogP contribution in [0.4, 0.5) is 0 Å². The standard InChI is InChI=1S/C30H28O6/c1-4-26(31)34-18-7-8-19-35-28(32)20-14-16-21(17-15-20)29(33)36-25-13-9-11-23-22-10-5-6-12-24(22)30(2,3)27(23)25/h4-6,9-17H,1,7-8,18-19H2,2-3H3.